The molecule has 2 aromatic rings. The van der Waals surface area contributed by atoms with Crippen molar-refractivity contribution < 1.29 is 18.3 Å². The van der Waals surface area contributed by atoms with E-state index in [0.717, 1.165) is 12.1 Å². The highest BCUT2D eigenvalue weighted by atomic mass is 79.9. The first kappa shape index (κ1) is 14.4. The van der Waals surface area contributed by atoms with Crippen LogP contribution in [-0.2, 0) is 0 Å². The molecule has 6 heteroatoms. The molecule has 1 nitrogen and oxygen atoms in total. The Bertz CT molecular complexity index is 634. The van der Waals surface area contributed by atoms with E-state index < -0.39 is 29.1 Å². The molecule has 0 aromatic heterocycles. The third kappa shape index (κ3) is 2.63. The minimum absolute atomic E-state index is 0.0228. The fraction of sp³-hybridized carbons (Fsp3) is 0.0769. The molecule has 0 aliphatic rings. The summed E-state index contributed by atoms with van der Waals surface area (Å²) in [5.74, 6) is -2.85. The second kappa shape index (κ2) is 5.53. The topological polar surface area (TPSA) is 20.2 Å². The normalized spacial score (nSPS) is 12.5. The minimum atomic E-state index is -1.78. The smallest absolute Gasteiger partial charge is 0.147 e. The molecule has 0 aliphatic carbocycles. The molecule has 0 heterocycles. The van der Waals surface area contributed by atoms with Crippen LogP contribution in [0.15, 0.2) is 34.8 Å². The summed E-state index contributed by atoms with van der Waals surface area (Å²) in [6.45, 7) is 0. The maximum absolute atomic E-state index is 13.8. The average molecular weight is 352 g/mol. The van der Waals surface area contributed by atoms with Gasteiger partial charge in [-0.15, -0.1) is 0 Å². The predicted molar refractivity (Wildman–Crippen MR) is 69.5 cm³/mol. The minimum Gasteiger partial charge on any atom is -0.383 e. The lowest BCUT2D eigenvalue weighted by atomic mass is 10.00. The third-order valence-electron chi connectivity index (χ3n) is 2.63. The summed E-state index contributed by atoms with van der Waals surface area (Å²) < 4.78 is 41.2. The van der Waals surface area contributed by atoms with Crippen molar-refractivity contribution in [3.8, 4) is 0 Å². The van der Waals surface area contributed by atoms with Crippen molar-refractivity contribution in [3.05, 3.63) is 68.4 Å². The highest BCUT2D eigenvalue weighted by molar-refractivity contribution is 9.10. The van der Waals surface area contributed by atoms with Gasteiger partial charge in [-0.2, -0.15) is 0 Å². The van der Waals surface area contributed by atoms with Crippen molar-refractivity contribution in [1.29, 1.82) is 0 Å². The van der Waals surface area contributed by atoms with Gasteiger partial charge in [-0.05, 0) is 34.1 Å². The van der Waals surface area contributed by atoms with E-state index in [1.54, 1.807) is 0 Å². The van der Waals surface area contributed by atoms with Crippen molar-refractivity contribution in [2.75, 3.05) is 0 Å². The van der Waals surface area contributed by atoms with Crippen LogP contribution in [0, 0.1) is 17.5 Å². The van der Waals surface area contributed by atoms with Crippen molar-refractivity contribution in [2.45, 2.75) is 6.10 Å². The van der Waals surface area contributed by atoms with Crippen molar-refractivity contribution in [3.63, 3.8) is 0 Å². The summed E-state index contributed by atoms with van der Waals surface area (Å²) in [6.07, 6.45) is -1.78. The van der Waals surface area contributed by atoms with Crippen LogP contribution in [0.4, 0.5) is 13.2 Å². The molecular formula is C13H7BrClF3O. The summed E-state index contributed by atoms with van der Waals surface area (Å²) in [6, 6.07) is 6.02. The lowest BCUT2D eigenvalue weighted by Gasteiger charge is -2.15. The summed E-state index contributed by atoms with van der Waals surface area (Å²) >= 11 is 8.45. The van der Waals surface area contributed by atoms with Crippen LogP contribution in [0.25, 0.3) is 0 Å². The van der Waals surface area contributed by atoms with Crippen LogP contribution in [-0.4, -0.2) is 5.11 Å². The zero-order valence-electron chi connectivity index (χ0n) is 9.30. The molecule has 0 fully saturated rings. The van der Waals surface area contributed by atoms with Gasteiger partial charge < -0.3 is 5.11 Å². The number of aliphatic hydroxyl groups is 1. The van der Waals surface area contributed by atoms with Crippen LogP contribution >= 0.6 is 27.5 Å². The van der Waals surface area contributed by atoms with E-state index in [2.05, 4.69) is 15.9 Å². The Balaban J connectivity index is 2.59. The standard InChI is InChI=1S/C13H7BrClF3O/c14-7-4-5-9(16)10(12(7)18)13(19)6-2-1-3-8(15)11(6)17/h1-5,13,19H. The lowest BCUT2D eigenvalue weighted by Crippen LogP contribution is -2.08. The van der Waals surface area contributed by atoms with Gasteiger partial charge in [0.2, 0.25) is 0 Å². The van der Waals surface area contributed by atoms with E-state index >= 15 is 0 Å². The fourth-order valence-electron chi connectivity index (χ4n) is 1.68. The summed E-state index contributed by atoms with van der Waals surface area (Å²) in [7, 11) is 0. The molecule has 0 saturated carbocycles. The molecule has 19 heavy (non-hydrogen) atoms. The van der Waals surface area contributed by atoms with E-state index in [1.165, 1.54) is 18.2 Å². The molecule has 0 aliphatic heterocycles. The van der Waals surface area contributed by atoms with Gasteiger partial charge in [-0.3, -0.25) is 0 Å². The van der Waals surface area contributed by atoms with Crippen LogP contribution in [0.3, 0.4) is 0 Å². The van der Waals surface area contributed by atoms with Crippen molar-refractivity contribution in [1.82, 2.24) is 0 Å². The molecule has 2 aromatic carbocycles. The van der Waals surface area contributed by atoms with Gasteiger partial charge in [0.1, 0.15) is 23.6 Å². The van der Waals surface area contributed by atoms with E-state index in [0.29, 0.717) is 0 Å². The maximum Gasteiger partial charge on any atom is 0.147 e. The number of benzene rings is 2. The molecule has 0 spiro atoms. The maximum atomic E-state index is 13.8. The average Bonchev–Trinajstić information content (AvgIpc) is 2.37. The van der Waals surface area contributed by atoms with E-state index in [4.69, 9.17) is 11.6 Å². The Kier molecular flexibility index (Phi) is 4.18. The molecular weight excluding hydrogens is 344 g/mol. The number of hydrogen-bond donors (Lipinski definition) is 1. The third-order valence-corrected chi connectivity index (χ3v) is 3.53. The fourth-order valence-corrected chi connectivity index (χ4v) is 2.21. The summed E-state index contributed by atoms with van der Waals surface area (Å²) in [4.78, 5) is 0. The molecule has 1 N–H and O–H groups in total. The Morgan fingerprint density at radius 1 is 1.05 bits per heavy atom. The highest BCUT2D eigenvalue weighted by Crippen LogP contribution is 2.33. The summed E-state index contributed by atoms with van der Waals surface area (Å²) in [5, 5.41) is 9.75. The molecule has 2 rings (SSSR count). The predicted octanol–water partition coefficient (Wildman–Crippen LogP) is 4.60. The van der Waals surface area contributed by atoms with Gasteiger partial charge in [-0.25, -0.2) is 13.2 Å². The van der Waals surface area contributed by atoms with Crippen LogP contribution < -0.4 is 0 Å². The molecule has 0 bridgehead atoms. The highest BCUT2D eigenvalue weighted by Gasteiger charge is 2.24. The first-order valence-electron chi connectivity index (χ1n) is 5.19. The van der Waals surface area contributed by atoms with E-state index in [1.807, 2.05) is 0 Å². The number of halogens is 5. The van der Waals surface area contributed by atoms with Gasteiger partial charge in [-0.1, -0.05) is 23.7 Å². The lowest BCUT2D eigenvalue weighted by molar-refractivity contribution is 0.204. The second-order valence-electron chi connectivity index (χ2n) is 3.80. The number of hydrogen-bond acceptors (Lipinski definition) is 1. The first-order chi connectivity index (χ1) is 8.93. The van der Waals surface area contributed by atoms with E-state index in [-0.39, 0.29) is 15.1 Å². The van der Waals surface area contributed by atoms with Crippen molar-refractivity contribution in [2.24, 2.45) is 0 Å². The largest absolute Gasteiger partial charge is 0.383 e. The van der Waals surface area contributed by atoms with Crippen LogP contribution in [0.5, 0.6) is 0 Å². The van der Waals surface area contributed by atoms with Gasteiger partial charge in [0.25, 0.3) is 0 Å². The number of aliphatic hydroxyl groups excluding tert-OH is 1. The molecule has 0 radical (unpaired) electrons. The Hall–Kier alpha value is -1.04. The Morgan fingerprint density at radius 3 is 2.42 bits per heavy atom. The Morgan fingerprint density at radius 2 is 1.74 bits per heavy atom. The molecule has 0 saturated heterocycles. The Labute approximate surface area is 120 Å². The van der Waals surface area contributed by atoms with Gasteiger partial charge >= 0.3 is 0 Å². The van der Waals surface area contributed by atoms with Gasteiger partial charge in [0.15, 0.2) is 0 Å². The SMILES string of the molecule is OC(c1cccc(Cl)c1F)c1c(F)ccc(Br)c1F. The molecule has 0 amide bonds. The first-order valence-corrected chi connectivity index (χ1v) is 6.36. The zero-order valence-corrected chi connectivity index (χ0v) is 11.6. The van der Waals surface area contributed by atoms with Gasteiger partial charge in [0.05, 0.1) is 15.1 Å². The van der Waals surface area contributed by atoms with Crippen LogP contribution in [0.1, 0.15) is 17.2 Å². The quantitative estimate of drug-likeness (QED) is 0.784. The van der Waals surface area contributed by atoms with Gasteiger partial charge in [0, 0.05) is 5.56 Å². The molecule has 1 unspecified atom stereocenters. The van der Waals surface area contributed by atoms with Crippen LogP contribution in [0.2, 0.25) is 5.02 Å². The van der Waals surface area contributed by atoms with Crippen molar-refractivity contribution >= 4 is 27.5 Å². The summed E-state index contributed by atoms with van der Waals surface area (Å²) in [5.41, 5.74) is -0.918. The molecule has 100 valence electrons. The molecule has 1 atom stereocenters. The number of rotatable bonds is 2. The second-order valence-corrected chi connectivity index (χ2v) is 5.06. The zero-order chi connectivity index (χ0) is 14.2. The monoisotopic (exact) mass is 350 g/mol. The van der Waals surface area contributed by atoms with E-state index in [9.17, 15) is 18.3 Å².